The van der Waals surface area contributed by atoms with Crippen LogP contribution < -0.4 is 10.1 Å². The number of rotatable bonds is 5. The summed E-state index contributed by atoms with van der Waals surface area (Å²) in [5, 5.41) is 13.8. The van der Waals surface area contributed by atoms with E-state index in [4.69, 9.17) is 9.15 Å². The monoisotopic (exact) mass is 317 g/mol. The van der Waals surface area contributed by atoms with E-state index in [-0.39, 0.29) is 18.2 Å². The normalized spacial score (nSPS) is 17.1. The number of carbonyl (C=O) groups is 1. The van der Waals surface area contributed by atoms with Gasteiger partial charge in [-0.2, -0.15) is 0 Å². The predicted octanol–water partition coefficient (Wildman–Crippen LogP) is 3.11. The zero-order valence-corrected chi connectivity index (χ0v) is 13.4. The van der Waals surface area contributed by atoms with Gasteiger partial charge in [0.2, 0.25) is 0 Å². The molecule has 2 N–H and O–H groups in total. The smallest absolute Gasteiger partial charge is 0.287 e. The third-order valence-electron chi connectivity index (χ3n) is 4.62. The third-order valence-corrected chi connectivity index (χ3v) is 4.62. The van der Waals surface area contributed by atoms with E-state index in [1.54, 1.807) is 19.2 Å². The topological polar surface area (TPSA) is 71.7 Å². The van der Waals surface area contributed by atoms with Crippen molar-refractivity contribution in [3.63, 3.8) is 0 Å². The van der Waals surface area contributed by atoms with E-state index in [0.717, 1.165) is 18.2 Å². The minimum Gasteiger partial charge on any atom is -0.493 e. The summed E-state index contributed by atoms with van der Waals surface area (Å²) in [7, 11) is 1.57. The number of benzene rings is 1. The summed E-state index contributed by atoms with van der Waals surface area (Å²) in [5.74, 6) is 0.821. The van der Waals surface area contributed by atoms with Crippen molar-refractivity contribution in [2.75, 3.05) is 13.7 Å². The van der Waals surface area contributed by atoms with Crippen molar-refractivity contribution in [3.8, 4) is 5.75 Å². The van der Waals surface area contributed by atoms with Crippen molar-refractivity contribution in [1.29, 1.82) is 0 Å². The second-order valence-electron chi connectivity index (χ2n) is 6.16. The Morgan fingerprint density at radius 1 is 1.39 bits per heavy atom. The van der Waals surface area contributed by atoms with Crippen LogP contribution in [0.15, 0.2) is 28.7 Å². The molecule has 1 unspecified atom stereocenters. The zero-order chi connectivity index (χ0) is 16.2. The lowest BCUT2D eigenvalue weighted by Crippen LogP contribution is -2.36. The molecule has 1 fully saturated rings. The third kappa shape index (κ3) is 3.50. The van der Waals surface area contributed by atoms with Crippen molar-refractivity contribution < 1.29 is 19.1 Å². The van der Waals surface area contributed by atoms with Gasteiger partial charge in [-0.25, -0.2) is 0 Å². The van der Waals surface area contributed by atoms with E-state index in [1.165, 1.54) is 19.3 Å². The number of fused-ring (bicyclic) bond motifs is 1. The molecule has 5 nitrogen and oxygen atoms in total. The van der Waals surface area contributed by atoms with E-state index < -0.39 is 6.10 Å². The first kappa shape index (κ1) is 15.9. The molecular formula is C18H23NO4. The number of ether oxygens (including phenoxy) is 1. The lowest BCUT2D eigenvalue weighted by atomic mass is 9.85. The lowest BCUT2D eigenvalue weighted by molar-refractivity contribution is 0.0725. The van der Waals surface area contributed by atoms with Gasteiger partial charge in [-0.3, -0.25) is 4.79 Å². The van der Waals surface area contributed by atoms with Crippen molar-refractivity contribution in [1.82, 2.24) is 5.32 Å². The molecule has 1 aromatic carbocycles. The van der Waals surface area contributed by atoms with Crippen LogP contribution in [0.1, 0.15) is 42.7 Å². The summed E-state index contributed by atoms with van der Waals surface area (Å²) >= 11 is 0. The first-order chi connectivity index (χ1) is 11.2. The average molecular weight is 317 g/mol. The fourth-order valence-corrected chi connectivity index (χ4v) is 3.28. The van der Waals surface area contributed by atoms with Crippen LogP contribution >= 0.6 is 0 Å². The van der Waals surface area contributed by atoms with Gasteiger partial charge in [0.25, 0.3) is 5.91 Å². The van der Waals surface area contributed by atoms with Gasteiger partial charge in [-0.15, -0.1) is 0 Å². The van der Waals surface area contributed by atoms with Gasteiger partial charge in [-0.1, -0.05) is 31.4 Å². The van der Waals surface area contributed by atoms with Crippen LogP contribution in [0.5, 0.6) is 5.75 Å². The largest absolute Gasteiger partial charge is 0.493 e. The molecule has 1 heterocycles. The zero-order valence-electron chi connectivity index (χ0n) is 13.4. The fourth-order valence-electron chi connectivity index (χ4n) is 3.28. The van der Waals surface area contributed by atoms with Gasteiger partial charge in [0, 0.05) is 11.9 Å². The molecule has 1 amide bonds. The van der Waals surface area contributed by atoms with E-state index in [1.807, 2.05) is 12.1 Å². The van der Waals surface area contributed by atoms with Crippen LogP contribution in [0, 0.1) is 5.92 Å². The molecule has 1 atom stereocenters. The number of para-hydroxylation sites is 1. The minimum absolute atomic E-state index is 0.236. The SMILES string of the molecule is COc1cccc2cc(C(=O)NCC(O)C3CCCCC3)oc12. The summed E-state index contributed by atoms with van der Waals surface area (Å²) in [4.78, 5) is 12.2. The van der Waals surface area contributed by atoms with E-state index in [0.29, 0.717) is 17.3 Å². The molecule has 3 rings (SSSR count). The highest BCUT2D eigenvalue weighted by atomic mass is 16.5. The number of furan rings is 1. The van der Waals surface area contributed by atoms with Crippen molar-refractivity contribution in [3.05, 3.63) is 30.0 Å². The Hall–Kier alpha value is -2.01. The Kier molecular flexibility index (Phi) is 4.86. The maximum absolute atomic E-state index is 12.2. The first-order valence-electron chi connectivity index (χ1n) is 8.22. The average Bonchev–Trinajstić information content (AvgIpc) is 3.04. The molecule has 2 aromatic rings. The number of aliphatic hydroxyl groups excluding tert-OH is 1. The van der Waals surface area contributed by atoms with E-state index in [9.17, 15) is 9.90 Å². The van der Waals surface area contributed by atoms with Gasteiger partial charge in [0.05, 0.1) is 13.2 Å². The molecule has 23 heavy (non-hydrogen) atoms. The maximum Gasteiger partial charge on any atom is 0.287 e. The number of nitrogens with one attached hydrogen (secondary N) is 1. The highest BCUT2D eigenvalue weighted by Crippen LogP contribution is 2.29. The summed E-state index contributed by atoms with van der Waals surface area (Å²) < 4.78 is 10.8. The van der Waals surface area contributed by atoms with Crippen LogP contribution in [0.3, 0.4) is 0 Å². The molecule has 0 saturated heterocycles. The summed E-state index contributed by atoms with van der Waals surface area (Å²) in [6, 6.07) is 7.21. The molecule has 0 spiro atoms. The Morgan fingerprint density at radius 2 is 2.17 bits per heavy atom. The molecule has 0 aliphatic heterocycles. The number of hydrogen-bond acceptors (Lipinski definition) is 4. The number of hydrogen-bond donors (Lipinski definition) is 2. The standard InChI is InChI=1S/C18H23NO4/c1-22-15-9-5-8-13-10-16(23-17(13)15)18(21)19-11-14(20)12-6-3-2-4-7-12/h5,8-10,12,14,20H,2-4,6-7,11H2,1H3,(H,19,21). The minimum atomic E-state index is -0.488. The van der Waals surface area contributed by atoms with E-state index >= 15 is 0 Å². The number of carbonyl (C=O) groups excluding carboxylic acids is 1. The Balaban J connectivity index is 1.64. The molecule has 1 aliphatic carbocycles. The van der Waals surface area contributed by atoms with Crippen LogP contribution in [-0.2, 0) is 0 Å². The molecule has 1 aliphatic rings. The summed E-state index contributed by atoms with van der Waals surface area (Å²) in [6.45, 7) is 0.262. The van der Waals surface area contributed by atoms with Crippen molar-refractivity contribution in [2.45, 2.75) is 38.2 Å². The van der Waals surface area contributed by atoms with Gasteiger partial charge in [0.15, 0.2) is 17.1 Å². The van der Waals surface area contributed by atoms with Crippen LogP contribution in [-0.4, -0.2) is 30.8 Å². The molecule has 1 saturated carbocycles. The van der Waals surface area contributed by atoms with Crippen molar-refractivity contribution in [2.24, 2.45) is 5.92 Å². The van der Waals surface area contributed by atoms with E-state index in [2.05, 4.69) is 5.32 Å². The van der Waals surface area contributed by atoms with Crippen molar-refractivity contribution >= 4 is 16.9 Å². The van der Waals surface area contributed by atoms with Crippen LogP contribution in [0.25, 0.3) is 11.0 Å². The van der Waals surface area contributed by atoms with Gasteiger partial charge >= 0.3 is 0 Å². The molecule has 1 aromatic heterocycles. The molecule has 0 bridgehead atoms. The summed E-state index contributed by atoms with van der Waals surface area (Å²) in [6.07, 6.45) is 5.17. The fraction of sp³-hybridized carbons (Fsp3) is 0.500. The Morgan fingerprint density at radius 3 is 2.91 bits per heavy atom. The second kappa shape index (κ2) is 7.04. The number of amides is 1. The van der Waals surface area contributed by atoms with Gasteiger partial charge in [0.1, 0.15) is 0 Å². The quantitative estimate of drug-likeness (QED) is 0.889. The molecule has 5 heteroatoms. The second-order valence-corrected chi connectivity index (χ2v) is 6.16. The Bertz CT molecular complexity index is 673. The predicted molar refractivity (Wildman–Crippen MR) is 87.7 cm³/mol. The number of methoxy groups -OCH3 is 1. The van der Waals surface area contributed by atoms with Gasteiger partial charge < -0.3 is 19.6 Å². The van der Waals surface area contributed by atoms with Crippen LogP contribution in [0.2, 0.25) is 0 Å². The lowest BCUT2D eigenvalue weighted by Gasteiger charge is -2.26. The summed E-state index contributed by atoms with van der Waals surface area (Å²) in [5.41, 5.74) is 0.563. The Labute approximate surface area is 135 Å². The van der Waals surface area contributed by atoms with Crippen LogP contribution in [0.4, 0.5) is 0 Å². The first-order valence-corrected chi connectivity index (χ1v) is 8.22. The maximum atomic E-state index is 12.2. The highest BCUT2D eigenvalue weighted by Gasteiger charge is 2.23. The number of aliphatic hydroxyl groups is 1. The molecular weight excluding hydrogens is 294 g/mol. The molecule has 0 radical (unpaired) electrons. The van der Waals surface area contributed by atoms with Gasteiger partial charge in [-0.05, 0) is 30.9 Å². The molecule has 124 valence electrons. The highest BCUT2D eigenvalue weighted by molar-refractivity contribution is 5.97.